The van der Waals surface area contributed by atoms with E-state index in [2.05, 4.69) is 5.32 Å². The summed E-state index contributed by atoms with van der Waals surface area (Å²) in [5.74, 6) is 1.37. The molecule has 2 unspecified atom stereocenters. The van der Waals surface area contributed by atoms with Gasteiger partial charge in [0.05, 0.1) is 32.4 Å². The van der Waals surface area contributed by atoms with Gasteiger partial charge in [-0.05, 0) is 57.9 Å². The number of rotatable bonds is 4. The lowest BCUT2D eigenvalue weighted by Gasteiger charge is -2.38. The zero-order valence-electron chi connectivity index (χ0n) is 19.6. The van der Waals surface area contributed by atoms with Crippen LogP contribution in [0.5, 0.6) is 11.5 Å². The van der Waals surface area contributed by atoms with Crippen molar-refractivity contribution in [2.75, 3.05) is 32.8 Å². The van der Waals surface area contributed by atoms with Crippen LogP contribution in [0, 0.1) is 0 Å². The van der Waals surface area contributed by atoms with Crippen molar-refractivity contribution in [2.45, 2.75) is 76.6 Å². The molecule has 0 spiro atoms. The van der Waals surface area contributed by atoms with Gasteiger partial charge in [0, 0.05) is 30.7 Å². The SMILES string of the molecule is CCOc1cccc2c1OCCCCCNC(=O)CN(CC(=O)N1C3CCC1CC(O)C3)C2. The van der Waals surface area contributed by atoms with Gasteiger partial charge in [-0.25, -0.2) is 0 Å². The predicted octanol–water partition coefficient (Wildman–Crippen LogP) is 2.08. The molecule has 2 bridgehead atoms. The van der Waals surface area contributed by atoms with Crippen LogP contribution < -0.4 is 14.8 Å². The van der Waals surface area contributed by atoms with Crippen LogP contribution in [0.4, 0.5) is 0 Å². The largest absolute Gasteiger partial charge is 0.490 e. The quantitative estimate of drug-likeness (QED) is 0.717. The molecule has 2 fully saturated rings. The standard InChI is InChI=1S/C25H37N3O5/c1-2-32-22-8-6-7-18-15-27(16-23(30)26-11-4-3-5-12-33-25(18)22)17-24(31)28-19-9-10-20(28)14-21(29)13-19/h6-8,19-21,29H,2-5,9-17H2,1H3,(H,26,30). The molecule has 3 aliphatic rings. The third-order valence-corrected chi connectivity index (χ3v) is 6.87. The fourth-order valence-electron chi connectivity index (χ4n) is 5.42. The van der Waals surface area contributed by atoms with Crippen molar-refractivity contribution in [3.63, 3.8) is 0 Å². The zero-order chi connectivity index (χ0) is 23.2. The number of nitrogens with one attached hydrogen (secondary N) is 1. The summed E-state index contributed by atoms with van der Waals surface area (Å²) in [6.45, 7) is 4.42. The molecule has 2 amide bonds. The fraction of sp³-hybridized carbons (Fsp3) is 0.680. The van der Waals surface area contributed by atoms with E-state index in [9.17, 15) is 14.7 Å². The van der Waals surface area contributed by atoms with Crippen LogP contribution in [0.2, 0.25) is 0 Å². The highest BCUT2D eigenvalue weighted by atomic mass is 16.5. The van der Waals surface area contributed by atoms with Gasteiger partial charge in [0.15, 0.2) is 11.5 Å². The van der Waals surface area contributed by atoms with E-state index in [1.165, 1.54) is 0 Å². The molecule has 0 saturated carbocycles. The lowest BCUT2D eigenvalue weighted by molar-refractivity contribution is -0.139. The summed E-state index contributed by atoms with van der Waals surface area (Å²) in [5.41, 5.74) is 0.915. The van der Waals surface area contributed by atoms with Gasteiger partial charge >= 0.3 is 0 Å². The molecule has 0 aliphatic carbocycles. The van der Waals surface area contributed by atoms with Gasteiger partial charge in [0.25, 0.3) is 0 Å². The third-order valence-electron chi connectivity index (χ3n) is 6.87. The van der Waals surface area contributed by atoms with E-state index in [1.807, 2.05) is 34.9 Å². The Morgan fingerprint density at radius 1 is 1.18 bits per heavy atom. The third kappa shape index (κ3) is 5.98. The molecule has 8 heteroatoms. The number of carbonyl (C=O) groups excluding carboxylic acids is 2. The van der Waals surface area contributed by atoms with Gasteiger partial charge < -0.3 is 24.8 Å². The van der Waals surface area contributed by atoms with Crippen molar-refractivity contribution >= 4 is 11.8 Å². The lowest BCUT2D eigenvalue weighted by atomic mass is 10.00. The van der Waals surface area contributed by atoms with Gasteiger partial charge in [-0.3, -0.25) is 14.5 Å². The normalized spacial score (nSPS) is 26.8. The van der Waals surface area contributed by atoms with Crippen molar-refractivity contribution in [2.24, 2.45) is 0 Å². The Bertz CT molecular complexity index is 818. The van der Waals surface area contributed by atoms with Gasteiger partial charge in [-0.1, -0.05) is 12.1 Å². The summed E-state index contributed by atoms with van der Waals surface area (Å²) in [7, 11) is 0. The zero-order valence-corrected chi connectivity index (χ0v) is 19.6. The number of nitrogens with zero attached hydrogens (tertiary/aromatic N) is 2. The van der Waals surface area contributed by atoms with E-state index in [1.54, 1.807) is 0 Å². The second-order valence-electron chi connectivity index (χ2n) is 9.39. The first kappa shape index (κ1) is 23.8. The first-order valence-corrected chi connectivity index (χ1v) is 12.4. The van der Waals surface area contributed by atoms with Crippen LogP contribution in [0.25, 0.3) is 0 Å². The maximum absolute atomic E-state index is 13.4. The van der Waals surface area contributed by atoms with Crippen molar-refractivity contribution in [1.29, 1.82) is 0 Å². The molecule has 2 saturated heterocycles. The number of amides is 2. The highest BCUT2D eigenvalue weighted by Gasteiger charge is 2.42. The molecule has 1 aromatic carbocycles. The minimum absolute atomic E-state index is 0.0370. The molecule has 8 nitrogen and oxygen atoms in total. The summed E-state index contributed by atoms with van der Waals surface area (Å²) in [4.78, 5) is 29.9. The Morgan fingerprint density at radius 3 is 2.73 bits per heavy atom. The second kappa shape index (κ2) is 11.2. The summed E-state index contributed by atoms with van der Waals surface area (Å²) in [6, 6.07) is 6.03. The maximum Gasteiger partial charge on any atom is 0.237 e. The van der Waals surface area contributed by atoms with Gasteiger partial charge in [0.1, 0.15) is 0 Å². The highest BCUT2D eigenvalue weighted by Crippen LogP contribution is 2.36. The van der Waals surface area contributed by atoms with Crippen molar-refractivity contribution in [3.8, 4) is 11.5 Å². The number of hydrogen-bond acceptors (Lipinski definition) is 6. The molecule has 1 aromatic rings. The summed E-state index contributed by atoms with van der Waals surface area (Å²) >= 11 is 0. The number of hydrogen-bond donors (Lipinski definition) is 2. The molecule has 0 radical (unpaired) electrons. The summed E-state index contributed by atoms with van der Waals surface area (Å²) in [5, 5.41) is 13.1. The topological polar surface area (TPSA) is 91.3 Å². The maximum atomic E-state index is 13.4. The van der Waals surface area contributed by atoms with E-state index in [0.717, 1.165) is 37.7 Å². The minimum atomic E-state index is -0.316. The van der Waals surface area contributed by atoms with Gasteiger partial charge in [-0.15, -0.1) is 0 Å². The average Bonchev–Trinajstić information content (AvgIpc) is 3.06. The van der Waals surface area contributed by atoms with E-state index in [4.69, 9.17) is 9.47 Å². The van der Waals surface area contributed by atoms with Crippen LogP contribution in [-0.2, 0) is 16.1 Å². The molecule has 33 heavy (non-hydrogen) atoms. The van der Waals surface area contributed by atoms with E-state index >= 15 is 0 Å². The second-order valence-corrected chi connectivity index (χ2v) is 9.39. The molecule has 3 heterocycles. The Morgan fingerprint density at radius 2 is 1.97 bits per heavy atom. The number of piperidine rings is 1. The average molecular weight is 460 g/mol. The molecule has 0 aromatic heterocycles. The van der Waals surface area contributed by atoms with E-state index in [0.29, 0.717) is 50.6 Å². The Labute approximate surface area is 196 Å². The first-order chi connectivity index (χ1) is 16.0. The van der Waals surface area contributed by atoms with Crippen molar-refractivity contribution in [3.05, 3.63) is 23.8 Å². The molecule has 4 rings (SSSR count). The Balaban J connectivity index is 1.55. The number of benzene rings is 1. The van der Waals surface area contributed by atoms with Crippen molar-refractivity contribution in [1.82, 2.24) is 15.1 Å². The van der Waals surface area contributed by atoms with Crippen LogP contribution in [0.3, 0.4) is 0 Å². The van der Waals surface area contributed by atoms with Crippen molar-refractivity contribution < 1.29 is 24.2 Å². The van der Waals surface area contributed by atoms with Crippen LogP contribution in [0.15, 0.2) is 18.2 Å². The number of para-hydroxylation sites is 1. The molecule has 182 valence electrons. The van der Waals surface area contributed by atoms with E-state index < -0.39 is 0 Å². The monoisotopic (exact) mass is 459 g/mol. The molecule has 2 atom stereocenters. The minimum Gasteiger partial charge on any atom is -0.490 e. The fourth-order valence-corrected chi connectivity index (χ4v) is 5.42. The van der Waals surface area contributed by atoms with Gasteiger partial charge in [-0.2, -0.15) is 0 Å². The number of carbonyl (C=O) groups is 2. The van der Waals surface area contributed by atoms with Gasteiger partial charge in [0.2, 0.25) is 11.8 Å². The van der Waals surface area contributed by atoms with E-state index in [-0.39, 0.29) is 43.1 Å². The Hall–Kier alpha value is -2.32. The van der Waals surface area contributed by atoms with Crippen LogP contribution >= 0.6 is 0 Å². The summed E-state index contributed by atoms with van der Waals surface area (Å²) < 4.78 is 12.0. The first-order valence-electron chi connectivity index (χ1n) is 12.4. The number of fused-ring (bicyclic) bond motifs is 3. The van der Waals surface area contributed by atoms with Crippen LogP contribution in [0.1, 0.15) is 57.4 Å². The highest BCUT2D eigenvalue weighted by molar-refractivity contribution is 5.82. The molecule has 3 aliphatic heterocycles. The predicted molar refractivity (Wildman–Crippen MR) is 124 cm³/mol. The number of aliphatic hydroxyl groups is 1. The molecular formula is C25H37N3O5. The number of ether oxygens (including phenoxy) is 2. The lowest BCUT2D eigenvalue weighted by Crippen LogP contribution is -2.52. The van der Waals surface area contributed by atoms with Crippen LogP contribution in [-0.4, -0.2) is 77.8 Å². The number of aliphatic hydroxyl groups excluding tert-OH is 1. The summed E-state index contributed by atoms with van der Waals surface area (Å²) in [6.07, 6.45) is 5.65. The Kier molecular flexibility index (Phi) is 8.09. The smallest absolute Gasteiger partial charge is 0.237 e. The molecular weight excluding hydrogens is 422 g/mol. The molecule has 2 N–H and O–H groups in total.